The van der Waals surface area contributed by atoms with Gasteiger partial charge in [0, 0.05) is 37.6 Å². The van der Waals surface area contributed by atoms with Gasteiger partial charge in [0.15, 0.2) is 5.78 Å². The van der Waals surface area contributed by atoms with Gasteiger partial charge in [-0.15, -0.1) is 0 Å². The molecule has 2 saturated heterocycles. The number of rotatable bonds is 15. The van der Waals surface area contributed by atoms with Crippen LogP contribution < -0.4 is 9.46 Å². The smallest absolute Gasteiger partial charge is 0.362 e. The molecule has 302 valence electrons. The molecule has 1 aromatic carbocycles. The number of nitrogens with one attached hydrogen (secondary N) is 1. The molecule has 2 aliphatic carbocycles. The number of aromatic nitrogens is 1. The average molecular weight is 784 g/mol. The zero-order valence-electron chi connectivity index (χ0n) is 33.2. The summed E-state index contributed by atoms with van der Waals surface area (Å²) in [7, 11) is -4.44. The van der Waals surface area contributed by atoms with Crippen LogP contribution in [0.25, 0.3) is 10.8 Å². The lowest BCUT2D eigenvalue weighted by Gasteiger charge is -2.34. The Labute approximate surface area is 324 Å². The standard InChI is InChI=1S/C41H57N3O10S/c1-8-29-22-40(29,38(48)43-55(49,50)54-41(14-15-41)25(2)3)23-34(45)33-20-30(52-36-31-10-9-26(4)19-28(31)11-16-42-36)24-44(33)37(47)32(27-12-17-51-18-13-27)21-35(46)53-39(5,6)7/h9-11,16,19,25,27,29-30,32-33H,8,12-15,17-18,20-24H2,1-7H3,(H,43,48)/t29-,30-,32+,33+,40-/m1/s1. The SMILES string of the molecule is CC[C@@H]1C[C@]1(CC(=O)[C@@H]1C[C@@H](Oc2nccc3cc(C)ccc23)CN1C(=O)[C@@H](CC(=O)OC(C)(C)C)C1CCOCC1)C(=O)NS(=O)(=O)OC1(C(C)C)CC1. The Morgan fingerprint density at radius 3 is 2.42 bits per heavy atom. The minimum atomic E-state index is -4.44. The van der Waals surface area contributed by atoms with Crippen LogP contribution in [0.4, 0.5) is 0 Å². The number of carbonyl (C=O) groups excluding carboxylic acids is 4. The fraction of sp³-hybridized carbons (Fsp3) is 0.683. The third kappa shape index (κ3) is 9.34. The average Bonchev–Trinajstić information content (AvgIpc) is 4.00. The second-order valence-corrected chi connectivity index (χ2v) is 18.7. The summed E-state index contributed by atoms with van der Waals surface area (Å²) in [6, 6.07) is 6.83. The summed E-state index contributed by atoms with van der Waals surface area (Å²) < 4.78 is 51.6. The van der Waals surface area contributed by atoms with Crippen molar-refractivity contribution in [2.75, 3.05) is 19.8 Å². The van der Waals surface area contributed by atoms with E-state index in [1.165, 1.54) is 4.90 Å². The van der Waals surface area contributed by atoms with Gasteiger partial charge in [0.25, 0.3) is 0 Å². The third-order valence-electron chi connectivity index (χ3n) is 12.0. The minimum absolute atomic E-state index is 0.0586. The van der Waals surface area contributed by atoms with E-state index >= 15 is 0 Å². The molecule has 14 heteroatoms. The maximum absolute atomic E-state index is 14.8. The molecule has 4 aliphatic rings. The van der Waals surface area contributed by atoms with Crippen molar-refractivity contribution in [1.29, 1.82) is 0 Å². The minimum Gasteiger partial charge on any atom is -0.472 e. The maximum atomic E-state index is 14.8. The lowest BCUT2D eigenvalue weighted by atomic mass is 9.82. The Hall–Kier alpha value is -3.62. The number of fused-ring (bicyclic) bond motifs is 1. The second-order valence-electron chi connectivity index (χ2n) is 17.5. The predicted octanol–water partition coefficient (Wildman–Crippen LogP) is 5.61. The van der Waals surface area contributed by atoms with Crippen molar-refractivity contribution in [2.24, 2.45) is 29.1 Å². The van der Waals surface area contributed by atoms with E-state index in [2.05, 4.69) is 9.71 Å². The number of likely N-dealkylation sites (tertiary alicyclic amines) is 1. The first kappa shape index (κ1) is 41.0. The first-order chi connectivity index (χ1) is 25.8. The van der Waals surface area contributed by atoms with Crippen molar-refractivity contribution < 1.29 is 46.0 Å². The summed E-state index contributed by atoms with van der Waals surface area (Å²) in [4.78, 5) is 62.5. The number of nitrogens with zero attached hydrogens (tertiary/aromatic N) is 2. The molecule has 0 spiro atoms. The molecule has 13 nitrogen and oxygen atoms in total. The quantitative estimate of drug-likeness (QED) is 0.223. The van der Waals surface area contributed by atoms with Gasteiger partial charge in [-0.1, -0.05) is 44.9 Å². The van der Waals surface area contributed by atoms with E-state index in [1.54, 1.807) is 27.0 Å². The Morgan fingerprint density at radius 2 is 1.80 bits per heavy atom. The summed E-state index contributed by atoms with van der Waals surface area (Å²) in [5, 5.41) is 1.73. The van der Waals surface area contributed by atoms with Crippen molar-refractivity contribution in [3.8, 4) is 5.88 Å². The van der Waals surface area contributed by atoms with Gasteiger partial charge in [0.2, 0.25) is 17.7 Å². The van der Waals surface area contributed by atoms with E-state index in [-0.39, 0.29) is 55.3 Å². The van der Waals surface area contributed by atoms with Crippen LogP contribution in [0.15, 0.2) is 30.5 Å². The number of hydrogen-bond acceptors (Lipinski definition) is 11. The molecular weight excluding hydrogens is 727 g/mol. The highest BCUT2D eigenvalue weighted by atomic mass is 32.2. The Kier molecular flexibility index (Phi) is 11.7. The lowest BCUT2D eigenvalue weighted by Crippen LogP contribution is -2.48. The molecule has 4 fully saturated rings. The van der Waals surface area contributed by atoms with E-state index in [9.17, 15) is 27.6 Å². The van der Waals surface area contributed by atoms with Crippen LogP contribution in [0.2, 0.25) is 0 Å². The lowest BCUT2D eigenvalue weighted by molar-refractivity contribution is -0.160. The molecule has 0 unspecified atom stereocenters. The largest absolute Gasteiger partial charge is 0.472 e. The fourth-order valence-corrected chi connectivity index (χ4v) is 9.82. The van der Waals surface area contributed by atoms with Crippen molar-refractivity contribution in [3.63, 3.8) is 0 Å². The van der Waals surface area contributed by atoms with Crippen LogP contribution in [-0.4, -0.2) is 85.0 Å². The van der Waals surface area contributed by atoms with Gasteiger partial charge >= 0.3 is 16.3 Å². The van der Waals surface area contributed by atoms with E-state index in [0.717, 1.165) is 16.3 Å². The third-order valence-corrected chi connectivity index (χ3v) is 13.0. The second kappa shape index (κ2) is 15.7. The van der Waals surface area contributed by atoms with Crippen LogP contribution in [0.5, 0.6) is 5.88 Å². The van der Waals surface area contributed by atoms with Gasteiger partial charge < -0.3 is 19.1 Å². The Balaban J connectivity index is 1.28. The van der Waals surface area contributed by atoms with Crippen molar-refractivity contribution in [1.82, 2.24) is 14.6 Å². The molecule has 2 aromatic rings. The molecule has 3 heterocycles. The zero-order chi connectivity index (χ0) is 39.9. The number of hydrogen-bond donors (Lipinski definition) is 1. The zero-order valence-corrected chi connectivity index (χ0v) is 34.0. The molecule has 0 bridgehead atoms. The molecule has 1 N–H and O–H groups in total. The number of ketones is 1. The van der Waals surface area contributed by atoms with Gasteiger partial charge in [-0.25, -0.2) is 13.9 Å². The highest BCUT2D eigenvalue weighted by molar-refractivity contribution is 7.85. The van der Waals surface area contributed by atoms with Gasteiger partial charge in [-0.2, -0.15) is 8.42 Å². The van der Waals surface area contributed by atoms with Crippen LogP contribution in [0, 0.1) is 36.0 Å². The summed E-state index contributed by atoms with van der Waals surface area (Å²) in [6.45, 7) is 13.9. The molecule has 2 amide bonds. The summed E-state index contributed by atoms with van der Waals surface area (Å²) in [5.74, 6) is -2.86. The number of Topliss-reactive ketones (excluding diaryl/α,β-unsaturated/α-hetero) is 1. The molecule has 2 aliphatic heterocycles. The number of ether oxygens (including phenoxy) is 3. The van der Waals surface area contributed by atoms with E-state index in [1.807, 2.05) is 52.0 Å². The van der Waals surface area contributed by atoms with E-state index < -0.39 is 56.9 Å². The number of aryl methyl sites for hydroxylation is 1. The van der Waals surface area contributed by atoms with Crippen molar-refractivity contribution >= 4 is 44.6 Å². The van der Waals surface area contributed by atoms with Gasteiger partial charge in [-0.05, 0) is 95.1 Å². The van der Waals surface area contributed by atoms with Crippen LogP contribution >= 0.6 is 0 Å². The number of benzene rings is 1. The van der Waals surface area contributed by atoms with Crippen LogP contribution in [0.1, 0.15) is 105 Å². The van der Waals surface area contributed by atoms with Crippen molar-refractivity contribution in [3.05, 3.63) is 36.0 Å². The Morgan fingerprint density at radius 1 is 1.09 bits per heavy atom. The first-order valence-corrected chi connectivity index (χ1v) is 21.2. The van der Waals surface area contributed by atoms with E-state index in [0.29, 0.717) is 57.6 Å². The number of pyridine rings is 1. The normalized spacial score (nSPS) is 25.7. The summed E-state index contributed by atoms with van der Waals surface area (Å²) >= 11 is 0. The molecule has 55 heavy (non-hydrogen) atoms. The van der Waals surface area contributed by atoms with Crippen LogP contribution in [-0.2, 0) is 43.1 Å². The van der Waals surface area contributed by atoms with Gasteiger partial charge in [0.1, 0.15) is 11.7 Å². The Bertz CT molecular complexity index is 1900. The monoisotopic (exact) mass is 783 g/mol. The highest BCUT2D eigenvalue weighted by Gasteiger charge is 2.62. The van der Waals surface area contributed by atoms with Gasteiger partial charge in [0.05, 0.1) is 35.9 Å². The fourth-order valence-electron chi connectivity index (χ4n) is 8.56. The van der Waals surface area contributed by atoms with Crippen molar-refractivity contribution in [2.45, 2.75) is 130 Å². The topological polar surface area (TPSA) is 167 Å². The molecule has 1 aromatic heterocycles. The summed E-state index contributed by atoms with van der Waals surface area (Å²) in [5.41, 5.74) is -1.78. The molecule has 5 atom stereocenters. The van der Waals surface area contributed by atoms with Crippen LogP contribution in [0.3, 0.4) is 0 Å². The maximum Gasteiger partial charge on any atom is 0.362 e. The molecule has 2 saturated carbocycles. The number of esters is 1. The highest BCUT2D eigenvalue weighted by Crippen LogP contribution is 2.58. The number of carbonyl (C=O) groups is 4. The van der Waals surface area contributed by atoms with E-state index in [4.69, 9.17) is 18.4 Å². The molecule has 0 radical (unpaired) electrons. The number of amides is 2. The molecule has 6 rings (SSSR count). The molecular formula is C41H57N3O10S. The van der Waals surface area contributed by atoms with Gasteiger partial charge in [-0.3, -0.25) is 19.2 Å². The first-order valence-electron chi connectivity index (χ1n) is 19.8. The predicted molar refractivity (Wildman–Crippen MR) is 204 cm³/mol. The summed E-state index contributed by atoms with van der Waals surface area (Å²) in [6.07, 6.45) is 3.93.